The summed E-state index contributed by atoms with van der Waals surface area (Å²) in [4.78, 5) is 22.0. The summed E-state index contributed by atoms with van der Waals surface area (Å²) in [5.41, 5.74) is 2.04. The van der Waals surface area contributed by atoms with Gasteiger partial charge in [-0.25, -0.2) is 4.98 Å². The highest BCUT2D eigenvalue weighted by Gasteiger charge is 2.28. The van der Waals surface area contributed by atoms with Gasteiger partial charge in [0.05, 0.1) is 29.6 Å². The lowest BCUT2D eigenvalue weighted by Crippen LogP contribution is -2.49. The predicted molar refractivity (Wildman–Crippen MR) is 130 cm³/mol. The molecule has 0 unspecified atom stereocenters. The molecule has 33 heavy (non-hydrogen) atoms. The van der Waals surface area contributed by atoms with E-state index in [0.717, 1.165) is 47.9 Å². The van der Waals surface area contributed by atoms with E-state index >= 15 is 0 Å². The van der Waals surface area contributed by atoms with Crippen molar-refractivity contribution < 1.29 is 13.9 Å². The lowest BCUT2D eigenvalue weighted by Gasteiger charge is -2.39. The molecular formula is C25H26N4O3S. The number of hydrogen-bond donors (Lipinski definition) is 1. The van der Waals surface area contributed by atoms with E-state index in [2.05, 4.69) is 32.2 Å². The molecule has 0 bridgehead atoms. The molecule has 0 saturated carbocycles. The minimum Gasteiger partial charge on any atom is -0.497 e. The highest BCUT2D eigenvalue weighted by atomic mass is 32.1. The van der Waals surface area contributed by atoms with Crippen LogP contribution in [0, 0.1) is 0 Å². The van der Waals surface area contributed by atoms with Crippen LogP contribution in [-0.2, 0) is 0 Å². The van der Waals surface area contributed by atoms with Gasteiger partial charge < -0.3 is 19.4 Å². The minimum absolute atomic E-state index is 0.0312. The van der Waals surface area contributed by atoms with E-state index in [1.54, 1.807) is 13.4 Å². The number of thiazole rings is 1. The first kappa shape index (κ1) is 21.5. The van der Waals surface area contributed by atoms with Crippen LogP contribution in [0.25, 0.3) is 10.2 Å². The average Bonchev–Trinajstić information content (AvgIpc) is 3.55. The predicted octanol–water partition coefficient (Wildman–Crippen LogP) is 4.19. The number of methoxy groups -OCH3 is 1. The van der Waals surface area contributed by atoms with Gasteiger partial charge in [-0.3, -0.25) is 9.69 Å². The smallest absolute Gasteiger partial charge is 0.280 e. The first-order valence-corrected chi connectivity index (χ1v) is 11.8. The molecule has 0 spiro atoms. The molecule has 2 aromatic carbocycles. The molecule has 3 heterocycles. The molecule has 4 aromatic rings. The molecule has 2 aromatic heterocycles. The molecule has 5 rings (SSSR count). The molecule has 1 amide bonds. The second kappa shape index (κ2) is 9.64. The third-order valence-corrected chi connectivity index (χ3v) is 7.04. The Labute approximate surface area is 196 Å². The Morgan fingerprint density at radius 3 is 2.58 bits per heavy atom. The number of nitrogens with one attached hydrogen (secondary N) is 1. The number of para-hydroxylation sites is 1. The fourth-order valence-electron chi connectivity index (χ4n) is 4.21. The first-order valence-electron chi connectivity index (χ1n) is 11.0. The third kappa shape index (κ3) is 4.72. The van der Waals surface area contributed by atoms with Crippen molar-refractivity contribution in [2.45, 2.75) is 6.04 Å². The van der Waals surface area contributed by atoms with E-state index in [1.165, 1.54) is 17.0 Å². The normalized spacial score (nSPS) is 15.5. The standard InChI is InChI=1S/C25H26N4O3S/c1-31-19-10-8-18(9-11-19)28-12-14-29(15-13-28)21(22-6-4-16-32-22)17-26-24(30)25-27-20-5-2-3-7-23(20)33-25/h2-11,16,21H,12-15,17H2,1H3,(H,26,30)/t21-/m0/s1. The molecule has 1 atom stereocenters. The van der Waals surface area contributed by atoms with Gasteiger partial charge in [0.15, 0.2) is 5.01 Å². The summed E-state index contributed by atoms with van der Waals surface area (Å²) in [6.45, 7) is 4.00. The summed E-state index contributed by atoms with van der Waals surface area (Å²) in [6, 6.07) is 19.8. The second-order valence-electron chi connectivity index (χ2n) is 7.95. The number of ether oxygens (including phenoxy) is 1. The van der Waals surface area contributed by atoms with Gasteiger partial charge in [-0.2, -0.15) is 0 Å². The number of rotatable bonds is 7. The van der Waals surface area contributed by atoms with Crippen LogP contribution in [0.4, 0.5) is 5.69 Å². The number of furan rings is 1. The van der Waals surface area contributed by atoms with Crippen molar-refractivity contribution in [3.8, 4) is 5.75 Å². The Morgan fingerprint density at radius 2 is 1.88 bits per heavy atom. The quantitative estimate of drug-likeness (QED) is 0.444. The Kier molecular flexibility index (Phi) is 6.28. The van der Waals surface area contributed by atoms with Crippen LogP contribution in [0.1, 0.15) is 21.6 Å². The molecule has 1 saturated heterocycles. The number of fused-ring (bicyclic) bond motifs is 1. The van der Waals surface area contributed by atoms with Crippen molar-refractivity contribution in [1.29, 1.82) is 0 Å². The largest absolute Gasteiger partial charge is 0.497 e. The topological polar surface area (TPSA) is 70.8 Å². The molecule has 7 nitrogen and oxygen atoms in total. The highest BCUT2D eigenvalue weighted by molar-refractivity contribution is 7.20. The van der Waals surface area contributed by atoms with Gasteiger partial charge in [-0.05, 0) is 48.5 Å². The maximum absolute atomic E-state index is 12.8. The van der Waals surface area contributed by atoms with E-state index in [9.17, 15) is 4.79 Å². The lowest BCUT2D eigenvalue weighted by molar-refractivity contribution is 0.0922. The Balaban J connectivity index is 1.24. The van der Waals surface area contributed by atoms with Crippen molar-refractivity contribution in [1.82, 2.24) is 15.2 Å². The van der Waals surface area contributed by atoms with Crippen LogP contribution < -0.4 is 15.0 Å². The summed E-state index contributed by atoms with van der Waals surface area (Å²) in [7, 11) is 1.68. The Bertz CT molecular complexity index is 1170. The number of benzene rings is 2. The highest BCUT2D eigenvalue weighted by Crippen LogP contribution is 2.26. The van der Waals surface area contributed by atoms with Gasteiger partial charge >= 0.3 is 0 Å². The zero-order chi connectivity index (χ0) is 22.6. The van der Waals surface area contributed by atoms with Crippen LogP contribution in [0.2, 0.25) is 0 Å². The van der Waals surface area contributed by atoms with Gasteiger partial charge in [-0.15, -0.1) is 11.3 Å². The van der Waals surface area contributed by atoms with Gasteiger partial charge in [0.2, 0.25) is 0 Å². The lowest BCUT2D eigenvalue weighted by atomic mass is 10.1. The third-order valence-electron chi connectivity index (χ3n) is 6.01. The van der Waals surface area contributed by atoms with Gasteiger partial charge in [0.1, 0.15) is 11.5 Å². The number of aromatic nitrogens is 1. The summed E-state index contributed by atoms with van der Waals surface area (Å²) in [5, 5.41) is 3.57. The van der Waals surface area contributed by atoms with Crippen molar-refractivity contribution in [3.63, 3.8) is 0 Å². The van der Waals surface area contributed by atoms with E-state index in [0.29, 0.717) is 11.6 Å². The van der Waals surface area contributed by atoms with Gasteiger partial charge in [0.25, 0.3) is 5.91 Å². The first-order chi connectivity index (χ1) is 16.2. The maximum Gasteiger partial charge on any atom is 0.280 e. The zero-order valence-electron chi connectivity index (χ0n) is 18.4. The minimum atomic E-state index is -0.148. The van der Waals surface area contributed by atoms with Gasteiger partial charge in [0, 0.05) is 38.4 Å². The molecular weight excluding hydrogens is 436 g/mol. The maximum atomic E-state index is 12.8. The summed E-state index contributed by atoms with van der Waals surface area (Å²) < 4.78 is 12.0. The van der Waals surface area contributed by atoms with Gasteiger partial charge in [-0.1, -0.05) is 12.1 Å². The van der Waals surface area contributed by atoms with E-state index in [4.69, 9.17) is 9.15 Å². The summed E-state index contributed by atoms with van der Waals surface area (Å²) in [6.07, 6.45) is 1.69. The fraction of sp³-hybridized carbons (Fsp3) is 0.280. The number of hydrogen-bond acceptors (Lipinski definition) is 7. The molecule has 1 fully saturated rings. The molecule has 170 valence electrons. The Hall–Kier alpha value is -3.36. The molecule has 1 aliphatic heterocycles. The molecule has 8 heteroatoms. The Morgan fingerprint density at radius 1 is 1.09 bits per heavy atom. The van der Waals surface area contributed by atoms with Crippen LogP contribution in [-0.4, -0.2) is 55.6 Å². The number of nitrogens with zero attached hydrogens (tertiary/aromatic N) is 3. The molecule has 1 N–H and O–H groups in total. The number of carbonyl (C=O) groups is 1. The molecule has 0 radical (unpaired) electrons. The number of piperazine rings is 1. The number of carbonyl (C=O) groups excluding carboxylic acids is 1. The monoisotopic (exact) mass is 462 g/mol. The van der Waals surface area contributed by atoms with Crippen molar-refractivity contribution >= 4 is 33.1 Å². The van der Waals surface area contributed by atoms with E-state index in [1.807, 2.05) is 48.5 Å². The van der Waals surface area contributed by atoms with Crippen LogP contribution >= 0.6 is 11.3 Å². The summed E-state index contributed by atoms with van der Waals surface area (Å²) in [5.74, 6) is 1.57. The average molecular weight is 463 g/mol. The van der Waals surface area contributed by atoms with E-state index < -0.39 is 0 Å². The van der Waals surface area contributed by atoms with Crippen LogP contribution in [0.15, 0.2) is 71.3 Å². The van der Waals surface area contributed by atoms with Crippen LogP contribution in [0.5, 0.6) is 5.75 Å². The number of anilines is 1. The summed E-state index contributed by atoms with van der Waals surface area (Å²) >= 11 is 1.41. The van der Waals surface area contributed by atoms with Crippen molar-refractivity contribution in [2.24, 2.45) is 0 Å². The zero-order valence-corrected chi connectivity index (χ0v) is 19.3. The number of amides is 1. The molecule has 1 aliphatic rings. The molecule has 0 aliphatic carbocycles. The fourth-order valence-corrected chi connectivity index (χ4v) is 5.09. The van der Waals surface area contributed by atoms with Crippen molar-refractivity contribution in [3.05, 3.63) is 77.7 Å². The second-order valence-corrected chi connectivity index (χ2v) is 8.98. The van der Waals surface area contributed by atoms with Crippen LogP contribution in [0.3, 0.4) is 0 Å². The van der Waals surface area contributed by atoms with Crippen molar-refractivity contribution in [2.75, 3.05) is 44.7 Å². The van der Waals surface area contributed by atoms with E-state index in [-0.39, 0.29) is 11.9 Å². The SMILES string of the molecule is COc1ccc(N2CCN([C@@H](CNC(=O)c3nc4ccccc4s3)c3ccco3)CC2)cc1.